The predicted molar refractivity (Wildman–Crippen MR) is 122 cm³/mol. The number of nitrogens with one attached hydrogen (secondary N) is 1. The number of benzene rings is 2. The van der Waals surface area contributed by atoms with E-state index in [2.05, 4.69) is 17.3 Å². The molecule has 1 saturated carbocycles. The zero-order valence-corrected chi connectivity index (χ0v) is 18.0. The Morgan fingerprint density at radius 1 is 1.13 bits per heavy atom. The van der Waals surface area contributed by atoms with E-state index < -0.39 is 0 Å². The van der Waals surface area contributed by atoms with Gasteiger partial charge in [-0.05, 0) is 48.9 Å². The molecule has 0 atom stereocenters. The standard InChI is InChI=1S/C25H29N3O3/c1-2-3-6-14-28-25(30)22-11-5-4-10-21(22)23(27-28)24(29)26-20-9-7-8-19(15-20)17-31-16-18-12-13-18/h4-5,7-11,15,18H,2-3,6,12-14,16-17H2,1H3,(H,26,29). The van der Waals surface area contributed by atoms with Gasteiger partial charge in [-0.15, -0.1) is 0 Å². The molecule has 1 amide bonds. The molecular formula is C25H29N3O3. The summed E-state index contributed by atoms with van der Waals surface area (Å²) in [6.45, 7) is 3.95. The van der Waals surface area contributed by atoms with Gasteiger partial charge in [-0.2, -0.15) is 5.10 Å². The van der Waals surface area contributed by atoms with Crippen molar-refractivity contribution < 1.29 is 9.53 Å². The van der Waals surface area contributed by atoms with Crippen LogP contribution < -0.4 is 10.9 Å². The largest absolute Gasteiger partial charge is 0.376 e. The Kier molecular flexibility index (Phi) is 6.77. The highest BCUT2D eigenvalue weighted by atomic mass is 16.5. The molecule has 0 aliphatic heterocycles. The topological polar surface area (TPSA) is 73.2 Å². The molecule has 0 spiro atoms. The van der Waals surface area contributed by atoms with Crippen LogP contribution >= 0.6 is 0 Å². The van der Waals surface area contributed by atoms with Crippen LogP contribution in [0.1, 0.15) is 55.1 Å². The molecule has 1 N–H and O–H groups in total. The van der Waals surface area contributed by atoms with E-state index in [9.17, 15) is 9.59 Å². The van der Waals surface area contributed by atoms with Crippen molar-refractivity contribution >= 4 is 22.4 Å². The second kappa shape index (κ2) is 9.88. The van der Waals surface area contributed by atoms with Crippen LogP contribution in [-0.2, 0) is 17.9 Å². The van der Waals surface area contributed by atoms with E-state index >= 15 is 0 Å². The molecule has 0 radical (unpaired) electrons. The van der Waals surface area contributed by atoms with Gasteiger partial charge in [-0.25, -0.2) is 4.68 Å². The molecule has 0 bridgehead atoms. The highest BCUT2D eigenvalue weighted by Crippen LogP contribution is 2.29. The lowest BCUT2D eigenvalue weighted by Crippen LogP contribution is -2.27. The fourth-order valence-electron chi connectivity index (χ4n) is 3.62. The summed E-state index contributed by atoms with van der Waals surface area (Å²) in [5.74, 6) is 0.395. The summed E-state index contributed by atoms with van der Waals surface area (Å²) in [5.41, 5.74) is 1.81. The second-order valence-corrected chi connectivity index (χ2v) is 8.24. The van der Waals surface area contributed by atoms with Crippen molar-refractivity contribution in [2.75, 3.05) is 11.9 Å². The summed E-state index contributed by atoms with van der Waals surface area (Å²) in [4.78, 5) is 25.9. The van der Waals surface area contributed by atoms with E-state index in [4.69, 9.17) is 4.74 Å². The number of ether oxygens (including phenoxy) is 1. The zero-order valence-electron chi connectivity index (χ0n) is 18.0. The quantitative estimate of drug-likeness (QED) is 0.481. The van der Waals surface area contributed by atoms with Crippen molar-refractivity contribution in [2.45, 2.75) is 52.2 Å². The molecule has 4 rings (SSSR count). The number of carbonyl (C=O) groups excluding carboxylic acids is 1. The molecule has 1 fully saturated rings. The van der Waals surface area contributed by atoms with Gasteiger partial charge in [0.2, 0.25) is 0 Å². The van der Waals surface area contributed by atoms with E-state index in [1.54, 1.807) is 12.1 Å². The summed E-state index contributed by atoms with van der Waals surface area (Å²) in [6.07, 6.45) is 5.44. The number of rotatable bonds is 10. The lowest BCUT2D eigenvalue weighted by molar-refractivity contribution is 0.102. The average Bonchev–Trinajstić information content (AvgIpc) is 3.60. The predicted octanol–water partition coefficient (Wildman–Crippen LogP) is 4.77. The van der Waals surface area contributed by atoms with Gasteiger partial charge in [0.1, 0.15) is 0 Å². The smallest absolute Gasteiger partial charge is 0.276 e. The minimum atomic E-state index is -0.323. The van der Waals surface area contributed by atoms with Crippen LogP contribution in [0.5, 0.6) is 0 Å². The normalized spacial score (nSPS) is 13.5. The van der Waals surface area contributed by atoms with Crippen LogP contribution in [-0.4, -0.2) is 22.3 Å². The minimum Gasteiger partial charge on any atom is -0.376 e. The van der Waals surface area contributed by atoms with Gasteiger partial charge in [-0.1, -0.05) is 50.1 Å². The van der Waals surface area contributed by atoms with Crippen molar-refractivity contribution in [1.29, 1.82) is 0 Å². The molecule has 3 aromatic rings. The highest BCUT2D eigenvalue weighted by Gasteiger charge is 2.21. The molecule has 6 heteroatoms. The number of carbonyl (C=O) groups is 1. The van der Waals surface area contributed by atoms with E-state index in [1.807, 2.05) is 36.4 Å². The molecular weight excluding hydrogens is 390 g/mol. The lowest BCUT2D eigenvalue weighted by Gasteiger charge is -2.12. The van der Waals surface area contributed by atoms with Crippen LogP contribution in [0.15, 0.2) is 53.3 Å². The van der Waals surface area contributed by atoms with Gasteiger partial charge in [0.05, 0.1) is 12.0 Å². The third-order valence-electron chi connectivity index (χ3n) is 5.56. The van der Waals surface area contributed by atoms with Crippen molar-refractivity contribution in [1.82, 2.24) is 9.78 Å². The van der Waals surface area contributed by atoms with E-state index in [-0.39, 0.29) is 17.2 Å². The molecule has 1 aliphatic rings. The van der Waals surface area contributed by atoms with Gasteiger partial charge in [-0.3, -0.25) is 9.59 Å². The second-order valence-electron chi connectivity index (χ2n) is 8.24. The van der Waals surface area contributed by atoms with Gasteiger partial charge in [0, 0.05) is 24.2 Å². The molecule has 2 aromatic carbocycles. The van der Waals surface area contributed by atoms with Gasteiger partial charge >= 0.3 is 0 Å². The number of hydrogen-bond acceptors (Lipinski definition) is 4. The van der Waals surface area contributed by atoms with Crippen LogP contribution in [0.4, 0.5) is 5.69 Å². The van der Waals surface area contributed by atoms with Crippen molar-refractivity contribution in [3.8, 4) is 0 Å². The SMILES string of the molecule is CCCCCn1nc(C(=O)Nc2cccc(COCC3CC3)c2)c2ccccc2c1=O. The molecule has 0 saturated heterocycles. The molecule has 0 unspecified atom stereocenters. The van der Waals surface area contributed by atoms with Crippen LogP contribution in [0.2, 0.25) is 0 Å². The number of aryl methyl sites for hydroxylation is 1. The number of fused-ring (bicyclic) bond motifs is 1. The Balaban J connectivity index is 1.55. The molecule has 162 valence electrons. The lowest BCUT2D eigenvalue weighted by atomic mass is 10.1. The maximum absolute atomic E-state index is 13.1. The van der Waals surface area contributed by atoms with E-state index in [1.165, 1.54) is 17.5 Å². The number of anilines is 1. The Morgan fingerprint density at radius 2 is 1.94 bits per heavy atom. The van der Waals surface area contributed by atoms with Gasteiger partial charge < -0.3 is 10.1 Å². The van der Waals surface area contributed by atoms with Crippen molar-refractivity contribution in [3.05, 3.63) is 70.1 Å². The number of aromatic nitrogens is 2. The molecule has 1 aliphatic carbocycles. The number of unbranched alkanes of at least 4 members (excludes halogenated alkanes) is 2. The van der Waals surface area contributed by atoms with Gasteiger partial charge in [0.25, 0.3) is 11.5 Å². The maximum atomic E-state index is 13.1. The third-order valence-corrected chi connectivity index (χ3v) is 5.56. The Morgan fingerprint density at radius 3 is 2.71 bits per heavy atom. The summed E-state index contributed by atoms with van der Waals surface area (Å²) in [6, 6.07) is 14.8. The fourth-order valence-corrected chi connectivity index (χ4v) is 3.62. The van der Waals surface area contributed by atoms with Crippen LogP contribution in [0.3, 0.4) is 0 Å². The van der Waals surface area contributed by atoms with Crippen LogP contribution in [0, 0.1) is 5.92 Å². The fraction of sp³-hybridized carbons (Fsp3) is 0.400. The summed E-state index contributed by atoms with van der Waals surface area (Å²) < 4.78 is 7.18. The number of nitrogens with zero attached hydrogens (tertiary/aromatic N) is 2. The molecule has 1 heterocycles. The van der Waals surface area contributed by atoms with E-state index in [0.717, 1.165) is 37.4 Å². The maximum Gasteiger partial charge on any atom is 0.276 e. The Bertz CT molecular complexity index is 1120. The Hall–Kier alpha value is -2.99. The number of amides is 1. The van der Waals surface area contributed by atoms with Gasteiger partial charge in [0.15, 0.2) is 5.69 Å². The van der Waals surface area contributed by atoms with Crippen molar-refractivity contribution in [3.63, 3.8) is 0 Å². The molecule has 1 aromatic heterocycles. The first-order valence-electron chi connectivity index (χ1n) is 11.1. The highest BCUT2D eigenvalue weighted by molar-refractivity contribution is 6.11. The Labute approximate surface area is 182 Å². The summed E-state index contributed by atoms with van der Waals surface area (Å²) in [7, 11) is 0. The first-order valence-corrected chi connectivity index (χ1v) is 11.1. The summed E-state index contributed by atoms with van der Waals surface area (Å²) >= 11 is 0. The zero-order chi connectivity index (χ0) is 21.6. The average molecular weight is 420 g/mol. The first-order chi connectivity index (χ1) is 15.2. The first kappa shape index (κ1) is 21.2. The van der Waals surface area contributed by atoms with Crippen molar-refractivity contribution in [2.24, 2.45) is 5.92 Å². The van der Waals surface area contributed by atoms with Crippen LogP contribution in [0.25, 0.3) is 10.8 Å². The number of hydrogen-bond donors (Lipinski definition) is 1. The monoisotopic (exact) mass is 419 g/mol. The molecule has 31 heavy (non-hydrogen) atoms. The minimum absolute atomic E-state index is 0.155. The van der Waals surface area contributed by atoms with E-state index in [0.29, 0.717) is 29.6 Å². The molecule has 6 nitrogen and oxygen atoms in total. The summed E-state index contributed by atoms with van der Waals surface area (Å²) in [5, 5.41) is 8.46. The third kappa shape index (κ3) is 5.39.